The number of carbonyl (C=O) groups is 1. The van der Waals surface area contributed by atoms with Crippen molar-refractivity contribution in [2.75, 3.05) is 0 Å². The van der Waals surface area contributed by atoms with Crippen LogP contribution in [0.5, 0.6) is 0 Å². The Morgan fingerprint density at radius 1 is 1.00 bits per heavy atom. The molecular formula is C11H22O4. The van der Waals surface area contributed by atoms with E-state index in [0.717, 1.165) is 25.7 Å². The third-order valence-electron chi connectivity index (χ3n) is 2.28. The van der Waals surface area contributed by atoms with Crippen LogP contribution in [0.4, 0.5) is 0 Å². The van der Waals surface area contributed by atoms with Crippen LogP contribution in [0.3, 0.4) is 0 Å². The molecule has 0 rings (SSSR count). The molecule has 0 aliphatic rings. The molecule has 0 unspecified atom stereocenters. The Bertz CT molecular complexity index is 172. The number of rotatable bonds is 9. The fraction of sp³-hybridized carbons (Fsp3) is 0.909. The molecule has 0 spiro atoms. The molecule has 0 saturated heterocycles. The second-order valence-electron chi connectivity index (χ2n) is 3.98. The summed E-state index contributed by atoms with van der Waals surface area (Å²) in [7, 11) is 0. The van der Waals surface area contributed by atoms with Gasteiger partial charge < -0.3 is 15.3 Å². The molecule has 0 aromatic heterocycles. The molecule has 0 saturated carbocycles. The molecule has 0 amide bonds. The lowest BCUT2D eigenvalue weighted by atomic mass is 10.1. The van der Waals surface area contributed by atoms with Crippen molar-refractivity contribution in [2.45, 2.75) is 64.3 Å². The van der Waals surface area contributed by atoms with Crippen LogP contribution in [0.25, 0.3) is 0 Å². The van der Waals surface area contributed by atoms with Gasteiger partial charge in [-0.3, -0.25) is 4.79 Å². The van der Waals surface area contributed by atoms with E-state index in [0.29, 0.717) is 19.3 Å². The van der Waals surface area contributed by atoms with E-state index in [9.17, 15) is 4.79 Å². The summed E-state index contributed by atoms with van der Waals surface area (Å²) in [6.07, 6.45) is 5.31. The van der Waals surface area contributed by atoms with E-state index >= 15 is 0 Å². The van der Waals surface area contributed by atoms with E-state index in [1.165, 1.54) is 0 Å². The molecule has 15 heavy (non-hydrogen) atoms. The van der Waals surface area contributed by atoms with Crippen molar-refractivity contribution in [1.29, 1.82) is 0 Å². The number of unbranched alkanes of at least 4 members (excludes halogenated alkanes) is 3. The summed E-state index contributed by atoms with van der Waals surface area (Å²) < 4.78 is 0. The minimum absolute atomic E-state index is 0.135. The van der Waals surface area contributed by atoms with Crippen molar-refractivity contribution in [1.82, 2.24) is 0 Å². The molecule has 0 fully saturated rings. The van der Waals surface area contributed by atoms with E-state index in [4.69, 9.17) is 15.3 Å². The summed E-state index contributed by atoms with van der Waals surface area (Å²) in [6.45, 7) is 2.12. The van der Waals surface area contributed by atoms with Gasteiger partial charge in [-0.25, -0.2) is 0 Å². The van der Waals surface area contributed by atoms with Gasteiger partial charge in [0.2, 0.25) is 0 Å². The Morgan fingerprint density at radius 2 is 1.60 bits per heavy atom. The largest absolute Gasteiger partial charge is 0.344 e. The lowest BCUT2D eigenvalue weighted by Gasteiger charge is -2.12. The van der Waals surface area contributed by atoms with Crippen molar-refractivity contribution in [3.63, 3.8) is 0 Å². The maximum absolute atomic E-state index is 11.2. The fourth-order valence-electron chi connectivity index (χ4n) is 1.40. The normalized spacial score (nSPS) is 11.7. The molecular weight excluding hydrogens is 196 g/mol. The van der Waals surface area contributed by atoms with Gasteiger partial charge in [-0.15, -0.1) is 0 Å². The summed E-state index contributed by atoms with van der Waals surface area (Å²) in [4.78, 5) is 11.2. The first kappa shape index (κ1) is 14.6. The lowest BCUT2D eigenvalue weighted by Crippen LogP contribution is -2.26. The van der Waals surface area contributed by atoms with Crippen molar-refractivity contribution in [3.8, 4) is 0 Å². The summed E-state index contributed by atoms with van der Waals surface area (Å²) >= 11 is 0. The lowest BCUT2D eigenvalue weighted by molar-refractivity contribution is -0.314. The molecule has 0 heterocycles. The topological polar surface area (TPSA) is 77.8 Å². The maximum Gasteiger partial charge on any atom is 0.275 e. The summed E-state index contributed by atoms with van der Waals surface area (Å²) in [5, 5.41) is 25.7. The number of aliphatic hydroxyl groups is 3. The second kappa shape index (κ2) is 7.79. The van der Waals surface area contributed by atoms with Gasteiger partial charge in [-0.05, 0) is 12.8 Å². The monoisotopic (exact) mass is 218 g/mol. The summed E-state index contributed by atoms with van der Waals surface area (Å²) in [5.74, 6) is -2.49. The average Bonchev–Trinajstić information content (AvgIpc) is 2.10. The third kappa shape index (κ3) is 11.5. The fourth-order valence-corrected chi connectivity index (χ4v) is 1.40. The third-order valence-corrected chi connectivity index (χ3v) is 2.28. The highest BCUT2D eigenvalue weighted by Crippen LogP contribution is 2.10. The highest BCUT2D eigenvalue weighted by atomic mass is 16.7. The van der Waals surface area contributed by atoms with Crippen molar-refractivity contribution in [3.05, 3.63) is 0 Å². The number of carbonyl (C=O) groups excluding carboxylic acids is 1. The van der Waals surface area contributed by atoms with Crippen LogP contribution in [0.2, 0.25) is 0 Å². The Kier molecular flexibility index (Phi) is 7.56. The number of ketones is 1. The molecule has 0 aliphatic carbocycles. The smallest absolute Gasteiger partial charge is 0.275 e. The molecule has 0 aromatic rings. The van der Waals surface area contributed by atoms with Gasteiger partial charge in [-0.2, -0.15) is 0 Å². The van der Waals surface area contributed by atoms with E-state index in [-0.39, 0.29) is 12.2 Å². The predicted octanol–water partition coefficient (Wildman–Crippen LogP) is 1.33. The molecule has 4 heteroatoms. The Labute approximate surface area is 90.9 Å². The van der Waals surface area contributed by atoms with Crippen LogP contribution in [0, 0.1) is 0 Å². The van der Waals surface area contributed by atoms with Gasteiger partial charge in [0.15, 0.2) is 0 Å². The molecule has 0 bridgehead atoms. The van der Waals surface area contributed by atoms with Gasteiger partial charge in [0.1, 0.15) is 5.78 Å². The predicted molar refractivity (Wildman–Crippen MR) is 57.0 cm³/mol. The van der Waals surface area contributed by atoms with Gasteiger partial charge >= 0.3 is 0 Å². The Morgan fingerprint density at radius 3 is 2.13 bits per heavy atom. The van der Waals surface area contributed by atoms with E-state index in [1.807, 2.05) is 0 Å². The van der Waals surface area contributed by atoms with Gasteiger partial charge in [0.05, 0.1) is 0 Å². The van der Waals surface area contributed by atoms with Crippen molar-refractivity contribution >= 4 is 5.78 Å². The quantitative estimate of drug-likeness (QED) is 0.403. The Balaban J connectivity index is 3.34. The SMILES string of the molecule is CCCCCCC(=O)CCCC(O)(O)O. The summed E-state index contributed by atoms with van der Waals surface area (Å²) in [6, 6.07) is 0. The van der Waals surface area contributed by atoms with Crippen LogP contribution in [-0.4, -0.2) is 27.1 Å². The molecule has 0 aliphatic heterocycles. The zero-order valence-corrected chi connectivity index (χ0v) is 9.41. The average molecular weight is 218 g/mol. The van der Waals surface area contributed by atoms with Crippen molar-refractivity contribution in [2.24, 2.45) is 0 Å². The van der Waals surface area contributed by atoms with E-state index in [1.54, 1.807) is 0 Å². The molecule has 4 nitrogen and oxygen atoms in total. The first-order valence-electron chi connectivity index (χ1n) is 5.64. The van der Waals surface area contributed by atoms with Crippen LogP contribution >= 0.6 is 0 Å². The van der Waals surface area contributed by atoms with E-state index < -0.39 is 5.97 Å². The molecule has 0 radical (unpaired) electrons. The number of hydrogen-bond acceptors (Lipinski definition) is 4. The van der Waals surface area contributed by atoms with Gasteiger partial charge in [0.25, 0.3) is 5.97 Å². The first-order chi connectivity index (χ1) is 6.95. The number of hydrogen-bond donors (Lipinski definition) is 3. The number of Topliss-reactive ketones (excluding diaryl/α,β-unsaturated/α-hetero) is 1. The minimum atomic E-state index is -2.62. The first-order valence-corrected chi connectivity index (χ1v) is 5.64. The van der Waals surface area contributed by atoms with Crippen LogP contribution < -0.4 is 0 Å². The van der Waals surface area contributed by atoms with Gasteiger partial charge in [0, 0.05) is 19.3 Å². The standard InChI is InChI=1S/C11H22O4/c1-2-3-4-5-7-10(12)8-6-9-11(13,14)15/h13-15H,2-9H2,1H3. The van der Waals surface area contributed by atoms with Crippen LogP contribution in [-0.2, 0) is 4.79 Å². The molecule has 90 valence electrons. The minimum Gasteiger partial charge on any atom is -0.344 e. The molecule has 0 aromatic carbocycles. The highest BCUT2D eigenvalue weighted by Gasteiger charge is 2.17. The van der Waals surface area contributed by atoms with Crippen molar-refractivity contribution < 1.29 is 20.1 Å². The molecule has 0 atom stereocenters. The van der Waals surface area contributed by atoms with E-state index in [2.05, 4.69) is 6.92 Å². The summed E-state index contributed by atoms with van der Waals surface area (Å²) in [5.41, 5.74) is 0. The van der Waals surface area contributed by atoms with Crippen LogP contribution in [0.1, 0.15) is 58.3 Å². The zero-order chi connectivity index (χ0) is 11.7. The molecule has 3 N–H and O–H groups in total. The zero-order valence-electron chi connectivity index (χ0n) is 9.41. The maximum atomic E-state index is 11.2. The van der Waals surface area contributed by atoms with Crippen LogP contribution in [0.15, 0.2) is 0 Å². The highest BCUT2D eigenvalue weighted by molar-refractivity contribution is 5.78. The Hall–Kier alpha value is -0.450. The second-order valence-corrected chi connectivity index (χ2v) is 3.98. The van der Waals surface area contributed by atoms with Gasteiger partial charge in [-0.1, -0.05) is 26.2 Å².